The van der Waals surface area contributed by atoms with Crippen LogP contribution in [0.1, 0.15) is 113 Å². The van der Waals surface area contributed by atoms with Crippen LogP contribution in [0.4, 0.5) is 17.6 Å². The van der Waals surface area contributed by atoms with Crippen molar-refractivity contribution in [1.82, 2.24) is 10.2 Å². The number of carbonyl (C=O) groups is 1. The molecule has 3 saturated carbocycles. The molecule has 59 heavy (non-hydrogen) atoms. The van der Waals surface area contributed by atoms with E-state index >= 15 is 0 Å². The van der Waals surface area contributed by atoms with Crippen LogP contribution in [0, 0.1) is 50.7 Å². The van der Waals surface area contributed by atoms with Gasteiger partial charge in [0.25, 0.3) is 0 Å². The Balaban J connectivity index is 1.23. The molecule has 4 fully saturated rings. The Labute approximate surface area is 348 Å². The number of allylic oxidation sites excluding steroid dienone is 5. The molecule has 2 N–H and O–H groups in total. The number of hydrogen-bond acceptors (Lipinski definition) is 8. The van der Waals surface area contributed by atoms with Gasteiger partial charge in [-0.2, -0.15) is 21.6 Å². The Kier molecular flexibility index (Phi) is 11.1. The third-order valence-corrected chi connectivity index (χ3v) is 19.9. The molecule has 6 aliphatic carbocycles. The highest BCUT2D eigenvalue weighted by molar-refractivity contribution is 7.91. The number of hydrogen-bond donors (Lipinski definition) is 2. The maximum atomic E-state index is 14.0. The maximum Gasteiger partial charge on any atom is 0.534 e. The van der Waals surface area contributed by atoms with Crippen LogP contribution in [0.2, 0.25) is 0 Å². The van der Waals surface area contributed by atoms with Gasteiger partial charge in [0.15, 0.2) is 9.84 Å². The molecule has 8 atom stereocenters. The summed E-state index contributed by atoms with van der Waals surface area (Å²) in [6.07, 6.45) is 12.7. The van der Waals surface area contributed by atoms with E-state index in [1.807, 2.05) is 19.9 Å². The Morgan fingerprint density at radius 3 is 2.22 bits per heavy atom. The minimum absolute atomic E-state index is 0.0614. The van der Waals surface area contributed by atoms with E-state index in [-0.39, 0.29) is 63.6 Å². The van der Waals surface area contributed by atoms with Crippen LogP contribution < -0.4 is 5.32 Å². The fourth-order valence-electron chi connectivity index (χ4n) is 13.9. The zero-order valence-corrected chi connectivity index (χ0v) is 37.4. The van der Waals surface area contributed by atoms with Crippen molar-refractivity contribution in [3.8, 4) is 0 Å². The number of halogens is 4. The van der Waals surface area contributed by atoms with Gasteiger partial charge in [-0.05, 0) is 138 Å². The predicted octanol–water partition coefficient (Wildman–Crippen LogP) is 8.52. The van der Waals surface area contributed by atoms with Crippen LogP contribution in [0.15, 0.2) is 46.3 Å². The lowest BCUT2D eigenvalue weighted by Gasteiger charge is -2.71. The van der Waals surface area contributed by atoms with E-state index in [2.05, 4.69) is 50.9 Å². The first-order chi connectivity index (χ1) is 27.2. The number of carboxylic acids is 1. The second kappa shape index (κ2) is 14.7. The molecule has 0 bridgehead atoms. The molecule has 0 radical (unpaired) electrons. The van der Waals surface area contributed by atoms with E-state index in [1.54, 1.807) is 6.08 Å². The van der Waals surface area contributed by atoms with E-state index in [0.29, 0.717) is 56.4 Å². The first-order valence-electron chi connectivity index (χ1n) is 21.6. The third-order valence-electron chi connectivity index (χ3n) is 17.3. The molecular formula is C44H64F4N2O7S2. The van der Waals surface area contributed by atoms with Gasteiger partial charge < -0.3 is 19.5 Å². The van der Waals surface area contributed by atoms with Gasteiger partial charge in [-0.1, -0.05) is 60.6 Å². The monoisotopic (exact) mass is 872 g/mol. The lowest BCUT2D eigenvalue weighted by molar-refractivity contribution is -0.195. The summed E-state index contributed by atoms with van der Waals surface area (Å²) in [6.45, 7) is 16.5. The van der Waals surface area contributed by atoms with Crippen molar-refractivity contribution in [2.45, 2.75) is 124 Å². The summed E-state index contributed by atoms with van der Waals surface area (Å²) in [6, 6.07) is 0. The van der Waals surface area contributed by atoms with Gasteiger partial charge in [-0.3, -0.25) is 4.79 Å². The number of sulfone groups is 1. The summed E-state index contributed by atoms with van der Waals surface area (Å²) in [5.74, 6) is -0.903. The number of fused-ring (bicyclic) bond motifs is 7. The molecule has 0 aromatic rings. The van der Waals surface area contributed by atoms with Gasteiger partial charge in [0.1, 0.15) is 12.4 Å². The quantitative estimate of drug-likeness (QED) is 0.126. The molecule has 1 heterocycles. The molecule has 0 aromatic carbocycles. The zero-order chi connectivity index (χ0) is 43.4. The first-order valence-corrected chi connectivity index (χ1v) is 24.8. The van der Waals surface area contributed by atoms with Gasteiger partial charge in [0.2, 0.25) is 0 Å². The Morgan fingerprint density at radius 2 is 1.64 bits per heavy atom. The number of aliphatic carboxylic acids is 1. The van der Waals surface area contributed by atoms with Crippen LogP contribution in [-0.2, 0) is 28.9 Å². The van der Waals surface area contributed by atoms with Crippen LogP contribution in [-0.4, -0.2) is 88.2 Å². The highest BCUT2D eigenvalue weighted by Gasteiger charge is 2.69. The summed E-state index contributed by atoms with van der Waals surface area (Å²) < 4.78 is 110. The summed E-state index contributed by atoms with van der Waals surface area (Å²) in [7, 11) is -9.02. The number of nitrogens with zero attached hydrogens (tertiary/aromatic N) is 1. The summed E-state index contributed by atoms with van der Waals surface area (Å²) in [4.78, 5) is 14.1. The fraction of sp³-hybridized carbons (Fsp3) is 0.795. The molecule has 15 heteroatoms. The van der Waals surface area contributed by atoms with Crippen molar-refractivity contribution >= 4 is 25.9 Å². The largest absolute Gasteiger partial charge is 0.534 e. The van der Waals surface area contributed by atoms with Crippen LogP contribution in [0.3, 0.4) is 0 Å². The number of rotatable bonds is 10. The van der Waals surface area contributed by atoms with Crippen molar-refractivity contribution in [2.75, 3.05) is 44.4 Å². The van der Waals surface area contributed by atoms with Crippen molar-refractivity contribution in [3.63, 3.8) is 0 Å². The highest BCUT2D eigenvalue weighted by atomic mass is 32.2. The van der Waals surface area contributed by atoms with Gasteiger partial charge >= 0.3 is 21.6 Å². The molecule has 7 rings (SSSR count). The minimum atomic E-state index is -5.95. The van der Waals surface area contributed by atoms with E-state index in [1.165, 1.54) is 5.57 Å². The average Bonchev–Trinajstić information content (AvgIpc) is 3.45. The number of alkyl halides is 4. The van der Waals surface area contributed by atoms with Gasteiger partial charge in [0.05, 0.1) is 22.5 Å². The van der Waals surface area contributed by atoms with E-state index in [9.17, 15) is 44.3 Å². The summed E-state index contributed by atoms with van der Waals surface area (Å²) >= 11 is 0. The smallest absolute Gasteiger partial charge is 0.481 e. The van der Waals surface area contributed by atoms with Crippen LogP contribution in [0.5, 0.6) is 0 Å². The third kappa shape index (κ3) is 7.00. The second-order valence-electron chi connectivity index (χ2n) is 20.7. The number of carboxylic acid groups (broad SMARTS) is 1. The van der Waals surface area contributed by atoms with Crippen molar-refractivity contribution in [1.29, 1.82) is 0 Å². The van der Waals surface area contributed by atoms with Gasteiger partial charge in [0, 0.05) is 26.2 Å². The molecule has 7 aliphatic rings. The molecule has 0 amide bonds. The average molecular weight is 873 g/mol. The highest BCUT2D eigenvalue weighted by Crippen LogP contribution is 2.76. The van der Waals surface area contributed by atoms with Crippen molar-refractivity contribution in [3.05, 3.63) is 46.3 Å². The fourth-order valence-corrected chi connectivity index (χ4v) is 15.7. The Morgan fingerprint density at radius 1 is 0.966 bits per heavy atom. The Hall–Kier alpha value is -2.23. The maximum absolute atomic E-state index is 14.0. The molecule has 1 aliphatic heterocycles. The summed E-state index contributed by atoms with van der Waals surface area (Å²) in [5.41, 5.74) is -4.71. The van der Waals surface area contributed by atoms with E-state index in [4.69, 9.17) is 4.18 Å². The van der Waals surface area contributed by atoms with Gasteiger partial charge in [-0.25, -0.2) is 12.8 Å². The molecule has 332 valence electrons. The lowest BCUT2D eigenvalue weighted by atomic mass is 9.33. The van der Waals surface area contributed by atoms with Crippen molar-refractivity contribution < 1.29 is 48.5 Å². The Bertz CT molecular complexity index is 2080. The molecule has 0 aromatic heterocycles. The SMILES string of the molecule is CC(C)C1=C2[C@H]3CC[C@@H]4[C@@]5(C)CC=C(C6=CCC(CF)(C(=O)O)CC6)C(C)(C)[C@@H]5CC[C@@]4(C)[C@]3(C)CC[C@@]2(NCCN2CCS(=O)(=O)CC2)C=C1OS(=O)(=O)C(F)(F)F. The second-order valence-corrected chi connectivity index (χ2v) is 24.5. The lowest BCUT2D eigenvalue weighted by Crippen LogP contribution is -2.66. The zero-order valence-electron chi connectivity index (χ0n) is 35.7. The summed E-state index contributed by atoms with van der Waals surface area (Å²) in [5, 5.41) is 13.5. The number of nitrogens with one attached hydrogen (secondary N) is 1. The molecule has 1 saturated heterocycles. The topological polar surface area (TPSA) is 130 Å². The predicted molar refractivity (Wildman–Crippen MR) is 219 cm³/mol. The minimum Gasteiger partial charge on any atom is -0.481 e. The normalized spacial score (nSPS) is 39.6. The molecule has 9 nitrogen and oxygen atoms in total. The van der Waals surface area contributed by atoms with Crippen LogP contribution in [0.25, 0.3) is 0 Å². The first kappa shape index (κ1) is 44.8. The standard InChI is InChI=1S/C44H64F4N2O7S2/c1-28(2)35-32(57-59(55,56)44(46,47)48)26-43(49-20-21-50-22-24-58(53,54)25-23-50)19-18-40(6)31(36(35)43)8-9-34-39(5)14-12-30(38(3,4)33(39)13-15-41(34,40)7)29-10-16-42(27-45,17-11-29)37(51)52/h10,12,26,28,31,33-34,49H,8-9,11,13-25,27H2,1-7H3,(H,51,52)/t31-,33+,34-,39+,40-,41-,42?,43-/m1/s1. The van der Waals surface area contributed by atoms with E-state index < -0.39 is 49.1 Å². The molecular weight excluding hydrogens is 809 g/mol. The van der Waals surface area contributed by atoms with Gasteiger partial charge in [-0.15, -0.1) is 0 Å². The van der Waals surface area contributed by atoms with Crippen LogP contribution >= 0.6 is 0 Å². The molecule has 1 unspecified atom stereocenters. The molecule has 0 spiro atoms. The van der Waals surface area contributed by atoms with E-state index in [0.717, 1.165) is 49.7 Å². The van der Waals surface area contributed by atoms with Crippen molar-refractivity contribution in [2.24, 2.45) is 50.7 Å².